The molecule has 0 unspecified atom stereocenters. The molecule has 1 aliphatic heterocycles. The van der Waals surface area contributed by atoms with E-state index in [9.17, 15) is 18.0 Å². The highest BCUT2D eigenvalue weighted by atomic mass is 19.4. The minimum atomic E-state index is -4.38. The number of fused-ring (bicyclic) bond motifs is 1. The molecule has 0 aromatic heterocycles. The smallest absolute Gasteiger partial charge is 0.320 e. The molecule has 120 valence electrons. The number of nitrogens with one attached hydrogen (secondary N) is 1. The van der Waals surface area contributed by atoms with Gasteiger partial charge in [-0.25, -0.2) is 4.79 Å². The Morgan fingerprint density at radius 2 is 1.65 bits per heavy atom. The first-order valence-corrected chi connectivity index (χ1v) is 7.23. The summed E-state index contributed by atoms with van der Waals surface area (Å²) in [5, 5.41) is 2.64. The lowest BCUT2D eigenvalue weighted by atomic mass is 10.0. The van der Waals surface area contributed by atoms with E-state index in [1.54, 1.807) is 4.90 Å². The van der Waals surface area contributed by atoms with Crippen molar-refractivity contribution in [1.82, 2.24) is 4.90 Å². The fourth-order valence-corrected chi connectivity index (χ4v) is 2.61. The Balaban J connectivity index is 1.66. The first kappa shape index (κ1) is 15.4. The van der Waals surface area contributed by atoms with E-state index < -0.39 is 11.7 Å². The first-order chi connectivity index (χ1) is 10.9. The van der Waals surface area contributed by atoms with Crippen LogP contribution in [0.3, 0.4) is 0 Å². The van der Waals surface area contributed by atoms with Crippen molar-refractivity contribution in [2.45, 2.75) is 19.1 Å². The van der Waals surface area contributed by atoms with Gasteiger partial charge < -0.3 is 10.2 Å². The van der Waals surface area contributed by atoms with Crippen LogP contribution in [-0.4, -0.2) is 17.5 Å². The summed E-state index contributed by atoms with van der Waals surface area (Å²) < 4.78 is 37.6. The van der Waals surface area contributed by atoms with Crippen LogP contribution in [0.1, 0.15) is 16.7 Å². The average Bonchev–Trinajstić information content (AvgIpc) is 2.54. The third-order valence-corrected chi connectivity index (χ3v) is 3.88. The number of rotatable bonds is 1. The Morgan fingerprint density at radius 3 is 2.30 bits per heavy atom. The Morgan fingerprint density at radius 1 is 1.00 bits per heavy atom. The Labute approximate surface area is 131 Å². The second kappa shape index (κ2) is 5.95. The maximum Gasteiger partial charge on any atom is 0.416 e. The lowest BCUT2D eigenvalue weighted by Gasteiger charge is -2.29. The molecule has 0 aliphatic carbocycles. The van der Waals surface area contributed by atoms with Crippen molar-refractivity contribution in [2.24, 2.45) is 0 Å². The molecule has 0 saturated heterocycles. The van der Waals surface area contributed by atoms with Gasteiger partial charge in [0.2, 0.25) is 0 Å². The SMILES string of the molecule is O=C(Nc1ccc(C(F)(F)F)cc1)N1CCc2ccccc2C1. The number of carbonyl (C=O) groups is 1. The molecule has 3 rings (SSSR count). The minimum absolute atomic E-state index is 0.306. The van der Waals surface area contributed by atoms with Crippen LogP contribution >= 0.6 is 0 Å². The van der Waals surface area contributed by atoms with Gasteiger partial charge in [0.1, 0.15) is 0 Å². The molecule has 23 heavy (non-hydrogen) atoms. The molecule has 2 amide bonds. The van der Waals surface area contributed by atoms with Crippen LogP contribution in [0.15, 0.2) is 48.5 Å². The molecule has 2 aromatic carbocycles. The standard InChI is InChI=1S/C17H15F3N2O/c18-17(19,20)14-5-7-15(8-6-14)21-16(23)22-10-9-12-3-1-2-4-13(12)11-22/h1-8H,9-11H2,(H,21,23). The van der Waals surface area contributed by atoms with E-state index in [1.165, 1.54) is 17.7 Å². The summed E-state index contributed by atoms with van der Waals surface area (Å²) in [6.07, 6.45) is -3.60. The van der Waals surface area contributed by atoms with Crippen molar-refractivity contribution in [3.63, 3.8) is 0 Å². The van der Waals surface area contributed by atoms with Crippen molar-refractivity contribution in [3.8, 4) is 0 Å². The van der Waals surface area contributed by atoms with Gasteiger partial charge in [0.05, 0.1) is 5.56 Å². The number of alkyl halides is 3. The molecule has 0 atom stereocenters. The van der Waals surface area contributed by atoms with E-state index in [1.807, 2.05) is 24.3 Å². The van der Waals surface area contributed by atoms with Crippen LogP contribution in [0.5, 0.6) is 0 Å². The first-order valence-electron chi connectivity index (χ1n) is 7.23. The maximum atomic E-state index is 12.5. The molecular formula is C17H15F3N2O. The summed E-state index contributed by atoms with van der Waals surface area (Å²) in [5.41, 5.74) is 1.94. The van der Waals surface area contributed by atoms with Crippen molar-refractivity contribution in [2.75, 3.05) is 11.9 Å². The predicted molar refractivity (Wildman–Crippen MR) is 81.0 cm³/mol. The van der Waals surface area contributed by atoms with E-state index in [0.29, 0.717) is 18.8 Å². The summed E-state index contributed by atoms with van der Waals surface area (Å²) in [5.74, 6) is 0. The number of nitrogens with zero attached hydrogens (tertiary/aromatic N) is 1. The molecule has 3 nitrogen and oxygen atoms in total. The monoisotopic (exact) mass is 320 g/mol. The lowest BCUT2D eigenvalue weighted by Crippen LogP contribution is -2.38. The van der Waals surface area contributed by atoms with E-state index in [4.69, 9.17) is 0 Å². The highest BCUT2D eigenvalue weighted by Crippen LogP contribution is 2.30. The minimum Gasteiger partial charge on any atom is -0.320 e. The van der Waals surface area contributed by atoms with Gasteiger partial charge in [-0.05, 0) is 41.8 Å². The zero-order chi connectivity index (χ0) is 16.4. The molecular weight excluding hydrogens is 305 g/mol. The molecule has 1 aliphatic rings. The topological polar surface area (TPSA) is 32.3 Å². The van der Waals surface area contributed by atoms with E-state index in [0.717, 1.165) is 24.1 Å². The van der Waals surface area contributed by atoms with Crippen molar-refractivity contribution in [3.05, 3.63) is 65.2 Å². The molecule has 2 aromatic rings. The van der Waals surface area contributed by atoms with Crippen molar-refractivity contribution < 1.29 is 18.0 Å². The number of carbonyl (C=O) groups excluding carboxylic acids is 1. The Kier molecular flexibility index (Phi) is 3.98. The fraction of sp³-hybridized carbons (Fsp3) is 0.235. The molecule has 1 heterocycles. The number of anilines is 1. The number of benzene rings is 2. The number of halogens is 3. The van der Waals surface area contributed by atoms with Gasteiger partial charge >= 0.3 is 12.2 Å². The summed E-state index contributed by atoms with van der Waals surface area (Å²) in [4.78, 5) is 13.9. The molecule has 0 bridgehead atoms. The summed E-state index contributed by atoms with van der Waals surface area (Å²) in [7, 11) is 0. The predicted octanol–water partition coefficient (Wildman–Crippen LogP) is 4.30. The van der Waals surface area contributed by atoms with Crippen molar-refractivity contribution >= 4 is 11.7 Å². The van der Waals surface area contributed by atoms with Gasteiger partial charge in [0.15, 0.2) is 0 Å². The summed E-state index contributed by atoms with van der Waals surface area (Å²) >= 11 is 0. The van der Waals surface area contributed by atoms with Gasteiger partial charge in [-0.15, -0.1) is 0 Å². The Bertz CT molecular complexity index is 711. The van der Waals surface area contributed by atoms with Gasteiger partial charge in [-0.2, -0.15) is 13.2 Å². The average molecular weight is 320 g/mol. The van der Waals surface area contributed by atoms with E-state index in [-0.39, 0.29) is 6.03 Å². The maximum absolute atomic E-state index is 12.5. The van der Waals surface area contributed by atoms with Crippen LogP contribution < -0.4 is 5.32 Å². The number of hydrogen-bond donors (Lipinski definition) is 1. The van der Waals surface area contributed by atoms with Gasteiger partial charge in [0, 0.05) is 18.8 Å². The Hall–Kier alpha value is -2.50. The second-order valence-corrected chi connectivity index (χ2v) is 5.45. The molecule has 1 N–H and O–H groups in total. The normalized spacial score (nSPS) is 14.3. The largest absolute Gasteiger partial charge is 0.416 e. The van der Waals surface area contributed by atoms with E-state index >= 15 is 0 Å². The summed E-state index contributed by atoms with van der Waals surface area (Å²) in [6, 6.07) is 12.1. The summed E-state index contributed by atoms with van der Waals surface area (Å²) in [6.45, 7) is 1.09. The third kappa shape index (κ3) is 3.47. The molecule has 0 fully saturated rings. The molecule has 6 heteroatoms. The highest BCUT2D eigenvalue weighted by Gasteiger charge is 2.30. The van der Waals surface area contributed by atoms with Gasteiger partial charge in [-0.1, -0.05) is 24.3 Å². The number of hydrogen-bond acceptors (Lipinski definition) is 1. The third-order valence-electron chi connectivity index (χ3n) is 3.88. The molecule has 0 saturated carbocycles. The van der Waals surface area contributed by atoms with Gasteiger partial charge in [0.25, 0.3) is 0 Å². The van der Waals surface area contributed by atoms with E-state index in [2.05, 4.69) is 5.32 Å². The lowest BCUT2D eigenvalue weighted by molar-refractivity contribution is -0.137. The van der Waals surface area contributed by atoms with Crippen LogP contribution in [0.25, 0.3) is 0 Å². The van der Waals surface area contributed by atoms with Crippen LogP contribution in [-0.2, 0) is 19.1 Å². The van der Waals surface area contributed by atoms with Crippen LogP contribution in [0, 0.1) is 0 Å². The zero-order valence-electron chi connectivity index (χ0n) is 12.2. The highest BCUT2D eigenvalue weighted by molar-refractivity contribution is 5.89. The zero-order valence-corrected chi connectivity index (χ0v) is 12.2. The molecule has 0 spiro atoms. The quantitative estimate of drug-likeness (QED) is 0.835. The number of amides is 2. The number of urea groups is 1. The van der Waals surface area contributed by atoms with Gasteiger partial charge in [-0.3, -0.25) is 0 Å². The van der Waals surface area contributed by atoms with Crippen LogP contribution in [0.4, 0.5) is 23.7 Å². The second-order valence-electron chi connectivity index (χ2n) is 5.45. The fourth-order valence-electron chi connectivity index (χ4n) is 2.61. The van der Waals surface area contributed by atoms with Crippen LogP contribution in [0.2, 0.25) is 0 Å². The molecule has 0 radical (unpaired) electrons. The van der Waals surface area contributed by atoms with Crippen molar-refractivity contribution in [1.29, 1.82) is 0 Å².